The van der Waals surface area contributed by atoms with Crippen LogP contribution in [0.25, 0.3) is 6.08 Å². The largest absolute Gasteiger partial charge is 0.493 e. The average molecular weight is 357 g/mol. The summed E-state index contributed by atoms with van der Waals surface area (Å²) in [5.41, 5.74) is 1.70. The van der Waals surface area contributed by atoms with Crippen molar-refractivity contribution < 1.29 is 18.7 Å². The van der Waals surface area contributed by atoms with Crippen LogP contribution in [-0.4, -0.2) is 31.1 Å². The Morgan fingerprint density at radius 1 is 1.15 bits per heavy atom. The number of amides is 1. The SMILES string of the molecule is COc1cc(/C=C/C(=O)N(C)Cc2ccc(F)cc2)ccc1OC(C)C. The summed E-state index contributed by atoms with van der Waals surface area (Å²) in [7, 11) is 3.29. The van der Waals surface area contributed by atoms with Gasteiger partial charge in [-0.3, -0.25) is 4.79 Å². The van der Waals surface area contributed by atoms with Crippen LogP contribution >= 0.6 is 0 Å². The molecule has 0 saturated carbocycles. The van der Waals surface area contributed by atoms with Crippen molar-refractivity contribution in [3.63, 3.8) is 0 Å². The minimum absolute atomic E-state index is 0.0481. The van der Waals surface area contributed by atoms with Crippen molar-refractivity contribution in [3.8, 4) is 11.5 Å². The first kappa shape index (κ1) is 19.5. The van der Waals surface area contributed by atoms with Gasteiger partial charge in [-0.25, -0.2) is 4.39 Å². The number of carbonyl (C=O) groups is 1. The third-order valence-corrected chi connectivity index (χ3v) is 3.68. The minimum atomic E-state index is -0.290. The Labute approximate surface area is 153 Å². The van der Waals surface area contributed by atoms with Crippen molar-refractivity contribution >= 4 is 12.0 Å². The highest BCUT2D eigenvalue weighted by atomic mass is 19.1. The summed E-state index contributed by atoms with van der Waals surface area (Å²) in [5.74, 6) is 0.852. The van der Waals surface area contributed by atoms with Gasteiger partial charge < -0.3 is 14.4 Å². The topological polar surface area (TPSA) is 38.8 Å². The minimum Gasteiger partial charge on any atom is -0.493 e. The highest BCUT2D eigenvalue weighted by molar-refractivity contribution is 5.91. The molecule has 0 heterocycles. The first-order valence-electron chi connectivity index (χ1n) is 8.41. The lowest BCUT2D eigenvalue weighted by atomic mass is 10.1. The number of likely N-dealkylation sites (N-methyl/N-ethyl adjacent to an activating group) is 1. The second kappa shape index (κ2) is 9.04. The van der Waals surface area contributed by atoms with Gasteiger partial charge in [0, 0.05) is 19.7 Å². The molecule has 5 heteroatoms. The molecule has 0 atom stereocenters. The third kappa shape index (κ3) is 5.62. The van der Waals surface area contributed by atoms with Crippen LogP contribution in [0.15, 0.2) is 48.5 Å². The van der Waals surface area contributed by atoms with Crippen LogP contribution in [0.2, 0.25) is 0 Å². The Bertz CT molecular complexity index is 769. The van der Waals surface area contributed by atoms with E-state index in [0.29, 0.717) is 18.0 Å². The number of carbonyl (C=O) groups excluding carboxylic acids is 1. The van der Waals surface area contributed by atoms with Gasteiger partial charge in [0.15, 0.2) is 11.5 Å². The molecule has 0 aliphatic heterocycles. The van der Waals surface area contributed by atoms with Crippen LogP contribution in [0.3, 0.4) is 0 Å². The second-order valence-corrected chi connectivity index (χ2v) is 6.23. The van der Waals surface area contributed by atoms with E-state index in [2.05, 4.69) is 0 Å². The molecule has 0 aliphatic carbocycles. The Morgan fingerprint density at radius 3 is 2.46 bits per heavy atom. The molecule has 0 bridgehead atoms. The molecule has 4 nitrogen and oxygen atoms in total. The van der Waals surface area contributed by atoms with Crippen molar-refractivity contribution in [3.05, 3.63) is 65.5 Å². The lowest BCUT2D eigenvalue weighted by Crippen LogP contribution is -2.24. The molecule has 0 fully saturated rings. The molecule has 2 aromatic carbocycles. The van der Waals surface area contributed by atoms with Gasteiger partial charge in [0.25, 0.3) is 0 Å². The van der Waals surface area contributed by atoms with Crippen molar-refractivity contribution in [1.29, 1.82) is 0 Å². The molecule has 0 aliphatic rings. The number of benzene rings is 2. The van der Waals surface area contributed by atoms with E-state index in [1.54, 1.807) is 37.3 Å². The van der Waals surface area contributed by atoms with E-state index in [-0.39, 0.29) is 17.8 Å². The van der Waals surface area contributed by atoms with Gasteiger partial charge in [-0.05, 0) is 55.3 Å². The Morgan fingerprint density at radius 2 is 1.85 bits per heavy atom. The number of hydrogen-bond acceptors (Lipinski definition) is 3. The van der Waals surface area contributed by atoms with Gasteiger partial charge in [-0.1, -0.05) is 18.2 Å². The van der Waals surface area contributed by atoms with Crippen molar-refractivity contribution in [2.45, 2.75) is 26.5 Å². The fourth-order valence-electron chi connectivity index (χ4n) is 2.38. The monoisotopic (exact) mass is 357 g/mol. The van der Waals surface area contributed by atoms with Gasteiger partial charge >= 0.3 is 0 Å². The Hall–Kier alpha value is -2.82. The fourth-order valence-corrected chi connectivity index (χ4v) is 2.38. The summed E-state index contributed by atoms with van der Waals surface area (Å²) in [4.78, 5) is 13.8. The quantitative estimate of drug-likeness (QED) is 0.694. The zero-order valence-electron chi connectivity index (χ0n) is 15.5. The lowest BCUT2D eigenvalue weighted by Gasteiger charge is -2.15. The number of methoxy groups -OCH3 is 1. The second-order valence-electron chi connectivity index (χ2n) is 6.23. The highest BCUT2D eigenvalue weighted by Gasteiger charge is 2.08. The van der Waals surface area contributed by atoms with E-state index >= 15 is 0 Å². The smallest absolute Gasteiger partial charge is 0.246 e. The number of ether oxygens (including phenoxy) is 2. The number of rotatable bonds is 7. The number of halogens is 1. The predicted molar refractivity (Wildman–Crippen MR) is 101 cm³/mol. The number of hydrogen-bond donors (Lipinski definition) is 0. The van der Waals surface area contributed by atoms with Gasteiger partial charge in [0.05, 0.1) is 13.2 Å². The van der Waals surface area contributed by atoms with Crippen LogP contribution in [0, 0.1) is 5.82 Å². The van der Waals surface area contributed by atoms with Gasteiger partial charge in [0.1, 0.15) is 5.82 Å². The van der Waals surface area contributed by atoms with Crippen molar-refractivity contribution in [1.82, 2.24) is 4.90 Å². The summed E-state index contributed by atoms with van der Waals surface area (Å²) >= 11 is 0. The van der Waals surface area contributed by atoms with Gasteiger partial charge in [-0.15, -0.1) is 0 Å². The van der Waals surface area contributed by atoms with E-state index in [9.17, 15) is 9.18 Å². The molecule has 0 unspecified atom stereocenters. The zero-order valence-corrected chi connectivity index (χ0v) is 15.5. The first-order chi connectivity index (χ1) is 12.4. The fraction of sp³-hybridized carbons (Fsp3) is 0.286. The van der Waals surface area contributed by atoms with Crippen molar-refractivity contribution in [2.75, 3.05) is 14.2 Å². The number of nitrogens with zero attached hydrogens (tertiary/aromatic N) is 1. The van der Waals surface area contributed by atoms with Crippen LogP contribution < -0.4 is 9.47 Å². The summed E-state index contributed by atoms with van der Waals surface area (Å²) in [6.07, 6.45) is 3.28. The summed E-state index contributed by atoms with van der Waals surface area (Å²) < 4.78 is 24.0. The maximum Gasteiger partial charge on any atom is 0.246 e. The summed E-state index contributed by atoms with van der Waals surface area (Å²) in [6, 6.07) is 11.6. The maximum absolute atomic E-state index is 12.9. The molecule has 2 rings (SSSR count). The normalized spacial score (nSPS) is 11.0. The average Bonchev–Trinajstić information content (AvgIpc) is 2.62. The van der Waals surface area contributed by atoms with E-state index in [0.717, 1.165) is 11.1 Å². The van der Waals surface area contributed by atoms with Crippen LogP contribution in [0.1, 0.15) is 25.0 Å². The molecule has 138 valence electrons. The summed E-state index contributed by atoms with van der Waals surface area (Å²) in [6.45, 7) is 4.31. The van der Waals surface area contributed by atoms with Crippen LogP contribution in [0.5, 0.6) is 11.5 Å². The molecule has 26 heavy (non-hydrogen) atoms. The first-order valence-corrected chi connectivity index (χ1v) is 8.41. The standard InChI is InChI=1S/C21H24FNO3/c1-15(2)26-19-11-7-16(13-20(19)25-4)8-12-21(24)23(3)14-17-5-9-18(22)10-6-17/h5-13,15H,14H2,1-4H3/b12-8+. The molecule has 2 aromatic rings. The highest BCUT2D eigenvalue weighted by Crippen LogP contribution is 2.29. The van der Waals surface area contributed by atoms with Crippen LogP contribution in [-0.2, 0) is 11.3 Å². The molecule has 0 aromatic heterocycles. The van der Waals surface area contributed by atoms with E-state index in [1.807, 2.05) is 32.0 Å². The molecule has 0 N–H and O–H groups in total. The van der Waals surface area contributed by atoms with Crippen molar-refractivity contribution in [2.24, 2.45) is 0 Å². The van der Waals surface area contributed by atoms with E-state index in [1.165, 1.54) is 18.2 Å². The van der Waals surface area contributed by atoms with E-state index < -0.39 is 0 Å². The van der Waals surface area contributed by atoms with E-state index in [4.69, 9.17) is 9.47 Å². The van der Waals surface area contributed by atoms with Gasteiger partial charge in [-0.2, -0.15) is 0 Å². The molecular formula is C21H24FNO3. The molecule has 0 saturated heterocycles. The predicted octanol–water partition coefficient (Wildman–Crippen LogP) is 4.29. The third-order valence-electron chi connectivity index (χ3n) is 3.68. The molecule has 0 radical (unpaired) electrons. The molecule has 1 amide bonds. The van der Waals surface area contributed by atoms with Crippen LogP contribution in [0.4, 0.5) is 4.39 Å². The maximum atomic E-state index is 12.9. The Kier molecular flexibility index (Phi) is 6.78. The molecular weight excluding hydrogens is 333 g/mol. The van der Waals surface area contributed by atoms with Gasteiger partial charge in [0.2, 0.25) is 5.91 Å². The lowest BCUT2D eigenvalue weighted by molar-refractivity contribution is -0.125. The Balaban J connectivity index is 2.03. The molecule has 0 spiro atoms. The summed E-state index contributed by atoms with van der Waals surface area (Å²) in [5, 5.41) is 0. The zero-order chi connectivity index (χ0) is 19.1.